The quantitative estimate of drug-likeness (QED) is 0.762. The van der Waals surface area contributed by atoms with Gasteiger partial charge in [-0.15, -0.1) is 0 Å². The van der Waals surface area contributed by atoms with Gasteiger partial charge in [0.2, 0.25) is 0 Å². The molecule has 94 valence electrons. The average Bonchev–Trinajstić information content (AvgIpc) is 2.37. The first-order chi connectivity index (χ1) is 8.65. The molecule has 0 saturated carbocycles. The summed E-state index contributed by atoms with van der Waals surface area (Å²) >= 11 is 2.34. The van der Waals surface area contributed by atoms with Gasteiger partial charge >= 0.3 is 0 Å². The molecule has 0 radical (unpaired) electrons. The number of hydrogen-bond donors (Lipinski definition) is 1. The molecule has 2 rings (SSSR count). The molecule has 0 bridgehead atoms. The molecule has 18 heavy (non-hydrogen) atoms. The fraction of sp³-hybridized carbons (Fsp3) is 0.250. The van der Waals surface area contributed by atoms with Gasteiger partial charge in [-0.2, -0.15) is 0 Å². The van der Waals surface area contributed by atoms with E-state index in [4.69, 9.17) is 0 Å². The zero-order valence-electron chi connectivity index (χ0n) is 10.8. The van der Waals surface area contributed by atoms with Crippen molar-refractivity contribution in [1.82, 2.24) is 0 Å². The Morgan fingerprint density at radius 1 is 1.06 bits per heavy atom. The minimum Gasteiger partial charge on any atom is -0.381 e. The van der Waals surface area contributed by atoms with Gasteiger partial charge in [0, 0.05) is 15.8 Å². The van der Waals surface area contributed by atoms with Gasteiger partial charge in [-0.05, 0) is 63.9 Å². The number of hydrogen-bond acceptors (Lipinski definition) is 1. The molecule has 0 aliphatic heterocycles. The highest BCUT2D eigenvalue weighted by Gasteiger charge is 1.99. The van der Waals surface area contributed by atoms with Crippen LogP contribution < -0.4 is 5.32 Å². The highest BCUT2D eigenvalue weighted by Crippen LogP contribution is 2.18. The third-order valence-corrected chi connectivity index (χ3v) is 3.63. The maximum atomic E-state index is 3.45. The second kappa shape index (κ2) is 6.23. The fourth-order valence-electron chi connectivity index (χ4n) is 1.84. The second-order valence-electron chi connectivity index (χ2n) is 4.76. The molecule has 0 heterocycles. The number of benzene rings is 2. The third-order valence-electron chi connectivity index (χ3n) is 2.96. The van der Waals surface area contributed by atoms with Gasteiger partial charge in [0.25, 0.3) is 0 Å². The van der Waals surface area contributed by atoms with Crippen LogP contribution in [-0.2, 0) is 6.54 Å². The van der Waals surface area contributed by atoms with Crippen LogP contribution in [0.3, 0.4) is 0 Å². The van der Waals surface area contributed by atoms with Crippen molar-refractivity contribution in [2.45, 2.75) is 26.3 Å². The minimum absolute atomic E-state index is 0.592. The van der Waals surface area contributed by atoms with Crippen LogP contribution in [0.25, 0.3) is 0 Å². The van der Waals surface area contributed by atoms with Crippen LogP contribution in [0.15, 0.2) is 48.5 Å². The van der Waals surface area contributed by atoms with Crippen LogP contribution in [0.2, 0.25) is 0 Å². The highest BCUT2D eigenvalue weighted by atomic mass is 127. The van der Waals surface area contributed by atoms with Crippen LogP contribution in [0, 0.1) is 3.57 Å². The maximum absolute atomic E-state index is 3.45. The SMILES string of the molecule is CC(C)c1ccc(NCc2cccc(I)c2)cc1. The standard InChI is InChI=1S/C16H18IN/c1-12(2)14-6-8-16(9-7-14)18-11-13-4-3-5-15(17)10-13/h3-10,12,18H,11H2,1-2H3. The van der Waals surface area contributed by atoms with E-state index in [2.05, 4.69) is 90.3 Å². The lowest BCUT2D eigenvalue weighted by Crippen LogP contribution is -1.99. The molecule has 0 aliphatic rings. The molecule has 2 heteroatoms. The van der Waals surface area contributed by atoms with E-state index in [1.54, 1.807) is 0 Å². The maximum Gasteiger partial charge on any atom is 0.0401 e. The van der Waals surface area contributed by atoms with E-state index in [0.717, 1.165) is 6.54 Å². The first-order valence-corrected chi connectivity index (χ1v) is 7.31. The zero-order chi connectivity index (χ0) is 13.0. The zero-order valence-corrected chi connectivity index (χ0v) is 12.9. The Morgan fingerprint density at radius 2 is 1.78 bits per heavy atom. The van der Waals surface area contributed by atoms with Gasteiger partial charge in [0.15, 0.2) is 0 Å². The largest absolute Gasteiger partial charge is 0.381 e. The molecule has 0 spiro atoms. The lowest BCUT2D eigenvalue weighted by atomic mass is 10.0. The molecule has 0 fully saturated rings. The summed E-state index contributed by atoms with van der Waals surface area (Å²) in [6.45, 7) is 5.31. The summed E-state index contributed by atoms with van der Waals surface area (Å²) in [5, 5.41) is 3.45. The lowest BCUT2D eigenvalue weighted by Gasteiger charge is -2.09. The van der Waals surface area contributed by atoms with Crippen LogP contribution in [0.4, 0.5) is 5.69 Å². The molecule has 2 aromatic rings. The van der Waals surface area contributed by atoms with Crippen molar-refractivity contribution in [3.63, 3.8) is 0 Å². The summed E-state index contributed by atoms with van der Waals surface area (Å²) in [5.74, 6) is 0.592. The molecule has 0 atom stereocenters. The van der Waals surface area contributed by atoms with E-state index in [-0.39, 0.29) is 0 Å². The van der Waals surface area contributed by atoms with Gasteiger partial charge in [-0.25, -0.2) is 0 Å². The molecular weight excluding hydrogens is 333 g/mol. The van der Waals surface area contributed by atoms with Gasteiger partial charge in [0.1, 0.15) is 0 Å². The highest BCUT2D eigenvalue weighted by molar-refractivity contribution is 14.1. The third kappa shape index (κ3) is 3.73. The number of nitrogens with one attached hydrogen (secondary N) is 1. The van der Waals surface area contributed by atoms with Gasteiger partial charge in [-0.3, -0.25) is 0 Å². The predicted molar refractivity (Wildman–Crippen MR) is 87.0 cm³/mol. The first-order valence-electron chi connectivity index (χ1n) is 6.23. The van der Waals surface area contributed by atoms with Crippen molar-refractivity contribution < 1.29 is 0 Å². The molecule has 1 N–H and O–H groups in total. The van der Waals surface area contributed by atoms with Gasteiger partial charge in [0.05, 0.1) is 0 Å². The predicted octanol–water partition coefficient (Wildman–Crippen LogP) is 5.03. The normalized spacial score (nSPS) is 10.7. The number of anilines is 1. The average molecular weight is 351 g/mol. The van der Waals surface area contributed by atoms with E-state index in [1.807, 2.05) is 0 Å². The summed E-state index contributed by atoms with van der Waals surface area (Å²) in [4.78, 5) is 0. The van der Waals surface area contributed by atoms with Crippen molar-refractivity contribution >= 4 is 28.3 Å². The smallest absolute Gasteiger partial charge is 0.0401 e. The van der Waals surface area contributed by atoms with Gasteiger partial charge in [-0.1, -0.05) is 38.1 Å². The van der Waals surface area contributed by atoms with Crippen molar-refractivity contribution in [1.29, 1.82) is 0 Å². The summed E-state index contributed by atoms with van der Waals surface area (Å²) < 4.78 is 1.28. The molecule has 0 unspecified atom stereocenters. The summed E-state index contributed by atoms with van der Waals surface area (Å²) in [6.07, 6.45) is 0. The Balaban J connectivity index is 1.98. The van der Waals surface area contributed by atoms with Crippen molar-refractivity contribution in [3.05, 3.63) is 63.2 Å². The van der Waals surface area contributed by atoms with Crippen LogP contribution >= 0.6 is 22.6 Å². The van der Waals surface area contributed by atoms with Crippen LogP contribution in [-0.4, -0.2) is 0 Å². The van der Waals surface area contributed by atoms with E-state index in [0.29, 0.717) is 5.92 Å². The number of halogens is 1. The van der Waals surface area contributed by atoms with E-state index < -0.39 is 0 Å². The van der Waals surface area contributed by atoms with Crippen molar-refractivity contribution in [2.75, 3.05) is 5.32 Å². The Morgan fingerprint density at radius 3 is 2.39 bits per heavy atom. The molecular formula is C16H18IN. The molecule has 0 aliphatic carbocycles. The monoisotopic (exact) mass is 351 g/mol. The van der Waals surface area contributed by atoms with Crippen LogP contribution in [0.1, 0.15) is 30.9 Å². The molecule has 2 aromatic carbocycles. The Labute approximate surface area is 123 Å². The molecule has 0 aromatic heterocycles. The lowest BCUT2D eigenvalue weighted by molar-refractivity contribution is 0.867. The Kier molecular flexibility index (Phi) is 4.64. The molecule has 1 nitrogen and oxygen atoms in total. The number of rotatable bonds is 4. The summed E-state index contributed by atoms with van der Waals surface area (Å²) in [7, 11) is 0. The van der Waals surface area contributed by atoms with Crippen LogP contribution in [0.5, 0.6) is 0 Å². The van der Waals surface area contributed by atoms with Gasteiger partial charge < -0.3 is 5.32 Å². The van der Waals surface area contributed by atoms with E-state index in [9.17, 15) is 0 Å². The van der Waals surface area contributed by atoms with E-state index in [1.165, 1.54) is 20.4 Å². The molecule has 0 saturated heterocycles. The Bertz CT molecular complexity index is 503. The first kappa shape index (κ1) is 13.4. The van der Waals surface area contributed by atoms with Crippen molar-refractivity contribution in [2.24, 2.45) is 0 Å². The Hall–Kier alpha value is -1.03. The van der Waals surface area contributed by atoms with E-state index >= 15 is 0 Å². The fourth-order valence-corrected chi connectivity index (χ4v) is 2.44. The minimum atomic E-state index is 0.592. The summed E-state index contributed by atoms with van der Waals surface area (Å²) in [6, 6.07) is 17.3. The topological polar surface area (TPSA) is 12.0 Å². The van der Waals surface area contributed by atoms with Crippen molar-refractivity contribution in [3.8, 4) is 0 Å². The second-order valence-corrected chi connectivity index (χ2v) is 6.01. The summed E-state index contributed by atoms with van der Waals surface area (Å²) in [5.41, 5.74) is 3.88. The molecule has 0 amide bonds.